The Morgan fingerprint density at radius 3 is 2.38 bits per heavy atom. The van der Waals surface area contributed by atoms with Crippen molar-refractivity contribution in [2.24, 2.45) is 0 Å². The Morgan fingerprint density at radius 1 is 1.88 bits per heavy atom. The van der Waals surface area contributed by atoms with Gasteiger partial charge in [0.15, 0.2) is 0 Å². The van der Waals surface area contributed by atoms with Crippen LogP contribution in [0.5, 0.6) is 0 Å². The van der Waals surface area contributed by atoms with E-state index in [1.54, 1.807) is 6.92 Å². The summed E-state index contributed by atoms with van der Waals surface area (Å²) in [6.45, 7) is 1.65. The van der Waals surface area contributed by atoms with E-state index in [9.17, 15) is 4.57 Å². The first-order chi connectivity index (χ1) is 3.68. The predicted octanol–water partition coefficient (Wildman–Crippen LogP) is 1.47. The Labute approximate surface area is 61.5 Å². The van der Waals surface area contributed by atoms with Gasteiger partial charge >= 0.3 is 61.1 Å². The quantitative estimate of drug-likeness (QED) is 0.536. The zero-order chi connectivity index (χ0) is 6.62. The number of halogens is 1. The van der Waals surface area contributed by atoms with Gasteiger partial charge in [0.25, 0.3) is 0 Å². The molecule has 1 unspecified atom stereocenters. The molecule has 0 aromatic carbocycles. The standard InChI is InChI=1S/C2H5ClO3PSe/c1-2-7(4,5-3)6-8/h2H2,1H3. The monoisotopic (exact) mass is 223 g/mol. The molecular formula is C2H5ClO3PSe. The SMILES string of the molecule is CCP(=O)(OCl)O[Se]. The van der Waals surface area contributed by atoms with Gasteiger partial charge < -0.3 is 0 Å². The molecule has 49 valence electrons. The molecule has 3 nitrogen and oxygen atoms in total. The molecule has 0 heterocycles. The maximum absolute atomic E-state index is 10.7. The van der Waals surface area contributed by atoms with Gasteiger partial charge in [-0.3, -0.25) is 0 Å². The molecule has 0 rings (SSSR count). The van der Waals surface area contributed by atoms with Crippen molar-refractivity contribution < 1.29 is 12.2 Å². The average Bonchev–Trinajstić information content (AvgIpc) is 1.87. The fraction of sp³-hybridized carbons (Fsp3) is 1.00. The number of rotatable bonds is 3. The molecule has 0 N–H and O–H groups in total. The van der Waals surface area contributed by atoms with Crippen molar-refractivity contribution in [2.45, 2.75) is 6.92 Å². The van der Waals surface area contributed by atoms with Crippen molar-refractivity contribution in [1.82, 2.24) is 0 Å². The normalized spacial score (nSPS) is 17.9. The molecule has 8 heavy (non-hydrogen) atoms. The summed E-state index contributed by atoms with van der Waals surface area (Å²) in [6, 6.07) is 0. The summed E-state index contributed by atoms with van der Waals surface area (Å²) in [5.74, 6) is 0. The molecule has 1 atom stereocenters. The van der Waals surface area contributed by atoms with Crippen molar-refractivity contribution >= 4 is 35.8 Å². The molecular weight excluding hydrogens is 217 g/mol. The van der Waals surface area contributed by atoms with E-state index >= 15 is 0 Å². The van der Waals surface area contributed by atoms with E-state index in [2.05, 4.69) is 24.0 Å². The van der Waals surface area contributed by atoms with E-state index in [4.69, 9.17) is 11.9 Å². The molecule has 0 aromatic rings. The molecule has 1 radical (unpaired) electrons. The molecule has 0 aliphatic rings. The van der Waals surface area contributed by atoms with Crippen molar-refractivity contribution in [1.29, 1.82) is 0 Å². The van der Waals surface area contributed by atoms with Crippen molar-refractivity contribution in [3.05, 3.63) is 0 Å². The molecule has 0 aliphatic heterocycles. The van der Waals surface area contributed by atoms with Crippen LogP contribution in [0.3, 0.4) is 0 Å². The summed E-state index contributed by atoms with van der Waals surface area (Å²) in [7, 11) is -2.95. The summed E-state index contributed by atoms with van der Waals surface area (Å²) in [4.78, 5) is 0. The Bertz CT molecular complexity index is 88.4. The van der Waals surface area contributed by atoms with Crippen LogP contribution in [0.25, 0.3) is 0 Å². The van der Waals surface area contributed by atoms with Gasteiger partial charge in [-0.05, 0) is 0 Å². The molecule has 0 aromatic heterocycles. The minimum absolute atomic E-state index is 0.267. The van der Waals surface area contributed by atoms with E-state index < -0.39 is 7.60 Å². The summed E-state index contributed by atoms with van der Waals surface area (Å²) >= 11 is 6.91. The number of hydrogen-bond donors (Lipinski definition) is 0. The van der Waals surface area contributed by atoms with Crippen molar-refractivity contribution in [3.8, 4) is 0 Å². The molecule has 0 amide bonds. The Kier molecular flexibility index (Phi) is 4.35. The van der Waals surface area contributed by atoms with Crippen LogP contribution in [0.2, 0.25) is 0 Å². The van der Waals surface area contributed by atoms with Crippen LogP contribution >= 0.6 is 19.5 Å². The van der Waals surface area contributed by atoms with Gasteiger partial charge in [0.05, 0.1) is 0 Å². The van der Waals surface area contributed by atoms with Crippen molar-refractivity contribution in [2.75, 3.05) is 6.16 Å². The summed E-state index contributed by atoms with van der Waals surface area (Å²) in [5.41, 5.74) is 0. The van der Waals surface area contributed by atoms with Gasteiger partial charge in [0, 0.05) is 0 Å². The van der Waals surface area contributed by atoms with Gasteiger partial charge in [-0.15, -0.1) is 0 Å². The fourth-order valence-corrected chi connectivity index (χ4v) is 1.80. The predicted molar refractivity (Wildman–Crippen MR) is 31.9 cm³/mol. The van der Waals surface area contributed by atoms with E-state index in [1.165, 1.54) is 0 Å². The second-order valence-corrected chi connectivity index (χ2v) is 4.56. The summed E-state index contributed by atoms with van der Waals surface area (Å²) in [5, 5.41) is 0. The summed E-state index contributed by atoms with van der Waals surface area (Å²) in [6.07, 6.45) is 0.267. The van der Waals surface area contributed by atoms with Gasteiger partial charge in [-0.25, -0.2) is 0 Å². The van der Waals surface area contributed by atoms with Crippen LogP contribution in [0, 0.1) is 0 Å². The Hall–Kier alpha value is 0.959. The average molecular weight is 222 g/mol. The fourth-order valence-electron chi connectivity index (χ4n) is 0.113. The second-order valence-electron chi connectivity index (χ2n) is 1.07. The van der Waals surface area contributed by atoms with Crippen LogP contribution in [0.4, 0.5) is 0 Å². The first kappa shape index (κ1) is 8.96. The molecule has 6 heteroatoms. The maximum atomic E-state index is 10.7. The zero-order valence-corrected chi connectivity index (χ0v) is 7.53. The van der Waals surface area contributed by atoms with Crippen LogP contribution in [0.15, 0.2) is 0 Å². The van der Waals surface area contributed by atoms with Gasteiger partial charge in [0.1, 0.15) is 0 Å². The molecule has 0 aliphatic carbocycles. The van der Waals surface area contributed by atoms with Gasteiger partial charge in [-0.2, -0.15) is 0 Å². The second kappa shape index (κ2) is 3.89. The van der Waals surface area contributed by atoms with E-state index in [0.717, 1.165) is 0 Å². The van der Waals surface area contributed by atoms with Gasteiger partial charge in [-0.1, -0.05) is 0 Å². The Morgan fingerprint density at radius 2 is 2.38 bits per heavy atom. The molecule has 0 saturated heterocycles. The third kappa shape index (κ3) is 2.49. The van der Waals surface area contributed by atoms with E-state index in [0.29, 0.717) is 0 Å². The number of hydrogen-bond acceptors (Lipinski definition) is 3. The van der Waals surface area contributed by atoms with Crippen LogP contribution in [-0.2, 0) is 12.2 Å². The molecule has 0 saturated carbocycles. The van der Waals surface area contributed by atoms with Crippen LogP contribution < -0.4 is 0 Å². The third-order valence-corrected chi connectivity index (χ3v) is 3.88. The topological polar surface area (TPSA) is 35.5 Å². The van der Waals surface area contributed by atoms with E-state index in [-0.39, 0.29) is 6.16 Å². The van der Waals surface area contributed by atoms with Crippen LogP contribution in [0.1, 0.15) is 6.92 Å². The third-order valence-electron chi connectivity index (χ3n) is 0.606. The Balaban J connectivity index is 3.79. The first-order valence-electron chi connectivity index (χ1n) is 1.89. The molecule has 0 bridgehead atoms. The zero-order valence-electron chi connectivity index (χ0n) is 4.17. The first-order valence-corrected chi connectivity index (χ1v) is 4.63. The minimum atomic E-state index is -2.95. The van der Waals surface area contributed by atoms with E-state index in [1.807, 2.05) is 0 Å². The van der Waals surface area contributed by atoms with Gasteiger partial charge in [0.2, 0.25) is 0 Å². The molecule has 0 spiro atoms. The molecule has 0 fully saturated rings. The summed E-state index contributed by atoms with van der Waals surface area (Å²) < 4.78 is 19.0. The van der Waals surface area contributed by atoms with Crippen molar-refractivity contribution in [3.63, 3.8) is 0 Å². The van der Waals surface area contributed by atoms with Crippen LogP contribution in [-0.4, -0.2) is 22.5 Å².